The summed E-state index contributed by atoms with van der Waals surface area (Å²) in [5.41, 5.74) is 4.26. The van der Waals surface area contributed by atoms with E-state index < -0.39 is 0 Å². The van der Waals surface area contributed by atoms with E-state index in [-0.39, 0.29) is 0 Å². The number of rotatable bonds is 7. The third kappa shape index (κ3) is 3.69. The zero-order valence-electron chi connectivity index (χ0n) is 11.6. The second-order valence-electron chi connectivity index (χ2n) is 5.25. The highest BCUT2D eigenvalue weighted by molar-refractivity contribution is 6.02. The Hall–Kier alpha value is -1.11. The smallest absolute Gasteiger partial charge is 0.0433 e. The van der Waals surface area contributed by atoms with Gasteiger partial charge in [-0.2, -0.15) is 0 Å². The van der Waals surface area contributed by atoms with Gasteiger partial charge in [0.2, 0.25) is 0 Å². The van der Waals surface area contributed by atoms with Crippen molar-refractivity contribution >= 4 is 5.71 Å². The Morgan fingerprint density at radius 3 is 2.67 bits per heavy atom. The van der Waals surface area contributed by atoms with Gasteiger partial charge >= 0.3 is 0 Å². The van der Waals surface area contributed by atoms with Crippen molar-refractivity contribution in [3.63, 3.8) is 0 Å². The second-order valence-corrected chi connectivity index (χ2v) is 5.25. The molecule has 1 aliphatic rings. The van der Waals surface area contributed by atoms with Crippen molar-refractivity contribution < 1.29 is 0 Å². The Balaban J connectivity index is 1.78. The van der Waals surface area contributed by atoms with Gasteiger partial charge in [-0.25, -0.2) is 0 Å². The average Bonchev–Trinajstić information content (AvgIpc) is 2.43. The van der Waals surface area contributed by atoms with Gasteiger partial charge in [0, 0.05) is 12.3 Å². The van der Waals surface area contributed by atoms with E-state index in [0.717, 1.165) is 13.0 Å². The summed E-state index contributed by atoms with van der Waals surface area (Å²) in [5.74, 6) is 0. The lowest BCUT2D eigenvalue weighted by atomic mass is 9.94. The molecular weight excluding hydrogens is 218 g/mol. The van der Waals surface area contributed by atoms with Gasteiger partial charge in [0.1, 0.15) is 0 Å². The van der Waals surface area contributed by atoms with Crippen LogP contribution < -0.4 is 0 Å². The topological polar surface area (TPSA) is 12.4 Å². The molecule has 0 aromatic heterocycles. The van der Waals surface area contributed by atoms with Gasteiger partial charge in [0.15, 0.2) is 0 Å². The fourth-order valence-corrected chi connectivity index (χ4v) is 2.70. The number of fused-ring (bicyclic) bond motifs is 1. The molecule has 0 aliphatic carbocycles. The minimum Gasteiger partial charge on any atom is -0.289 e. The van der Waals surface area contributed by atoms with Gasteiger partial charge in [0.25, 0.3) is 0 Å². The molecule has 0 saturated heterocycles. The molecule has 0 spiro atoms. The van der Waals surface area contributed by atoms with Crippen molar-refractivity contribution in [3.8, 4) is 0 Å². The number of nitrogens with zero attached hydrogens (tertiary/aromatic N) is 1. The predicted octanol–water partition coefficient (Wildman–Crippen LogP) is 4.78. The van der Waals surface area contributed by atoms with Crippen molar-refractivity contribution in [2.45, 2.75) is 58.3 Å². The summed E-state index contributed by atoms with van der Waals surface area (Å²) in [5, 5.41) is 0. The van der Waals surface area contributed by atoms with Crippen LogP contribution in [0.15, 0.2) is 29.3 Å². The van der Waals surface area contributed by atoms with Crippen LogP contribution in [0.4, 0.5) is 0 Å². The SMILES string of the molecule is CCCCCCCCC1=NCCc2ccccc21. The largest absolute Gasteiger partial charge is 0.289 e. The molecule has 0 fully saturated rings. The van der Waals surface area contributed by atoms with E-state index in [1.54, 1.807) is 0 Å². The van der Waals surface area contributed by atoms with Crippen molar-refractivity contribution in [2.24, 2.45) is 4.99 Å². The fourth-order valence-electron chi connectivity index (χ4n) is 2.70. The van der Waals surface area contributed by atoms with E-state index in [4.69, 9.17) is 4.99 Å². The molecule has 1 aromatic carbocycles. The Morgan fingerprint density at radius 1 is 1.00 bits per heavy atom. The summed E-state index contributed by atoms with van der Waals surface area (Å²) >= 11 is 0. The molecule has 98 valence electrons. The summed E-state index contributed by atoms with van der Waals surface area (Å²) in [7, 11) is 0. The minimum absolute atomic E-state index is 0.988. The molecule has 1 heteroatoms. The summed E-state index contributed by atoms with van der Waals surface area (Å²) < 4.78 is 0. The highest BCUT2D eigenvalue weighted by Crippen LogP contribution is 2.19. The van der Waals surface area contributed by atoms with Crippen LogP contribution in [-0.2, 0) is 6.42 Å². The molecule has 0 radical (unpaired) electrons. The van der Waals surface area contributed by atoms with Gasteiger partial charge < -0.3 is 0 Å². The van der Waals surface area contributed by atoms with E-state index in [1.165, 1.54) is 61.8 Å². The van der Waals surface area contributed by atoms with E-state index in [1.807, 2.05) is 0 Å². The summed E-state index contributed by atoms with van der Waals surface area (Å²) in [6.45, 7) is 3.26. The zero-order chi connectivity index (χ0) is 12.6. The van der Waals surface area contributed by atoms with Crippen molar-refractivity contribution in [1.29, 1.82) is 0 Å². The molecule has 0 bridgehead atoms. The average molecular weight is 243 g/mol. The number of aliphatic imine (C=N–C) groups is 1. The summed E-state index contributed by atoms with van der Waals surface area (Å²) in [6.07, 6.45) is 10.5. The molecular formula is C17H25N. The molecule has 1 aliphatic heterocycles. The van der Waals surface area contributed by atoms with Crippen LogP contribution in [0.25, 0.3) is 0 Å². The molecule has 1 nitrogen and oxygen atoms in total. The lowest BCUT2D eigenvalue weighted by Crippen LogP contribution is -2.12. The highest BCUT2D eigenvalue weighted by atomic mass is 14.7. The summed E-state index contributed by atoms with van der Waals surface area (Å²) in [4.78, 5) is 4.72. The van der Waals surface area contributed by atoms with Crippen LogP contribution in [0.2, 0.25) is 0 Å². The van der Waals surface area contributed by atoms with Crippen molar-refractivity contribution in [1.82, 2.24) is 0 Å². The van der Waals surface area contributed by atoms with E-state index >= 15 is 0 Å². The van der Waals surface area contributed by atoms with E-state index in [9.17, 15) is 0 Å². The first kappa shape index (κ1) is 13.3. The van der Waals surface area contributed by atoms with Gasteiger partial charge in [-0.1, -0.05) is 63.3 Å². The van der Waals surface area contributed by atoms with E-state index in [0.29, 0.717) is 0 Å². The van der Waals surface area contributed by atoms with Gasteiger partial charge in [0.05, 0.1) is 0 Å². The monoisotopic (exact) mass is 243 g/mol. The van der Waals surface area contributed by atoms with Crippen LogP contribution in [0, 0.1) is 0 Å². The molecule has 0 atom stereocenters. The van der Waals surface area contributed by atoms with Crippen LogP contribution in [0.3, 0.4) is 0 Å². The van der Waals surface area contributed by atoms with Crippen LogP contribution >= 0.6 is 0 Å². The molecule has 18 heavy (non-hydrogen) atoms. The van der Waals surface area contributed by atoms with Crippen LogP contribution in [0.5, 0.6) is 0 Å². The van der Waals surface area contributed by atoms with Gasteiger partial charge in [-0.05, 0) is 30.4 Å². The zero-order valence-corrected chi connectivity index (χ0v) is 11.6. The first-order valence-corrected chi connectivity index (χ1v) is 7.53. The fraction of sp³-hybridized carbons (Fsp3) is 0.588. The number of hydrogen-bond donors (Lipinski definition) is 0. The first-order valence-electron chi connectivity index (χ1n) is 7.53. The molecule has 2 rings (SSSR count). The molecule has 0 saturated carbocycles. The minimum atomic E-state index is 0.988. The maximum atomic E-state index is 4.72. The Labute approximate surface area is 111 Å². The predicted molar refractivity (Wildman–Crippen MR) is 79.5 cm³/mol. The lowest BCUT2D eigenvalue weighted by molar-refractivity contribution is 0.615. The first-order chi connectivity index (χ1) is 8.92. The third-order valence-electron chi connectivity index (χ3n) is 3.78. The molecule has 0 unspecified atom stereocenters. The molecule has 1 heterocycles. The van der Waals surface area contributed by atoms with Crippen LogP contribution in [0.1, 0.15) is 63.0 Å². The van der Waals surface area contributed by atoms with Gasteiger partial charge in [-0.3, -0.25) is 4.99 Å². The highest BCUT2D eigenvalue weighted by Gasteiger charge is 2.12. The lowest BCUT2D eigenvalue weighted by Gasteiger charge is -2.16. The second kappa shape index (κ2) is 7.35. The molecule has 0 N–H and O–H groups in total. The van der Waals surface area contributed by atoms with Crippen molar-refractivity contribution in [3.05, 3.63) is 35.4 Å². The maximum Gasteiger partial charge on any atom is 0.0433 e. The maximum absolute atomic E-state index is 4.72. The Morgan fingerprint density at radius 2 is 1.78 bits per heavy atom. The number of hydrogen-bond acceptors (Lipinski definition) is 1. The van der Waals surface area contributed by atoms with Gasteiger partial charge in [-0.15, -0.1) is 0 Å². The number of benzene rings is 1. The number of unbranched alkanes of at least 4 members (excludes halogenated alkanes) is 5. The standard InChI is InChI=1S/C17H25N/c1-2-3-4-5-6-7-12-17-16-11-9-8-10-15(16)13-14-18-17/h8-11H,2-7,12-14H2,1H3. The van der Waals surface area contributed by atoms with Crippen LogP contribution in [-0.4, -0.2) is 12.3 Å². The van der Waals surface area contributed by atoms with Crippen molar-refractivity contribution in [2.75, 3.05) is 6.54 Å². The molecule has 1 aromatic rings. The molecule has 0 amide bonds. The van der Waals surface area contributed by atoms with E-state index in [2.05, 4.69) is 31.2 Å². The third-order valence-corrected chi connectivity index (χ3v) is 3.78. The summed E-state index contributed by atoms with van der Waals surface area (Å²) in [6, 6.07) is 8.78. The Bertz CT molecular complexity index is 392. The quantitative estimate of drug-likeness (QED) is 0.611. The Kier molecular flexibility index (Phi) is 5.44. The normalized spacial score (nSPS) is 14.2.